The summed E-state index contributed by atoms with van der Waals surface area (Å²) in [5.41, 5.74) is 1.87. The minimum absolute atomic E-state index is 0.235. The molecule has 0 amide bonds. The highest BCUT2D eigenvalue weighted by atomic mass is 19.1. The first kappa shape index (κ1) is 13.2. The third kappa shape index (κ3) is 2.96. The van der Waals surface area contributed by atoms with Crippen molar-refractivity contribution in [1.82, 2.24) is 0 Å². The summed E-state index contributed by atoms with van der Waals surface area (Å²) in [7, 11) is 1.53. The number of para-hydroxylation sites is 1. The summed E-state index contributed by atoms with van der Waals surface area (Å²) < 4.78 is 18.7. The molecule has 0 unspecified atom stereocenters. The fourth-order valence-electron chi connectivity index (χ4n) is 1.82. The standard InChI is InChI=1S/C15H16FNO2/c1-10-4-3-5-11(15(10)18)9-17-14-8-12(19-2)6-7-13(14)16/h3-8,17-18H,9H2,1-2H3. The van der Waals surface area contributed by atoms with E-state index in [1.54, 1.807) is 18.2 Å². The zero-order valence-corrected chi connectivity index (χ0v) is 10.9. The molecule has 0 saturated carbocycles. The smallest absolute Gasteiger partial charge is 0.146 e. The Morgan fingerprint density at radius 3 is 2.79 bits per heavy atom. The molecule has 0 saturated heterocycles. The van der Waals surface area contributed by atoms with E-state index < -0.39 is 0 Å². The fraction of sp³-hybridized carbons (Fsp3) is 0.200. The van der Waals surface area contributed by atoms with E-state index in [1.807, 2.05) is 19.1 Å². The van der Waals surface area contributed by atoms with Crippen LogP contribution >= 0.6 is 0 Å². The Morgan fingerprint density at radius 1 is 1.26 bits per heavy atom. The first-order chi connectivity index (χ1) is 9.11. The van der Waals surface area contributed by atoms with Gasteiger partial charge in [-0.15, -0.1) is 0 Å². The molecule has 0 spiro atoms. The average Bonchev–Trinajstić information content (AvgIpc) is 2.42. The van der Waals surface area contributed by atoms with Gasteiger partial charge >= 0.3 is 0 Å². The number of hydrogen-bond acceptors (Lipinski definition) is 3. The number of phenolic OH excluding ortho intramolecular Hbond substituents is 1. The number of aryl methyl sites for hydroxylation is 1. The molecule has 0 heterocycles. The van der Waals surface area contributed by atoms with Gasteiger partial charge in [-0.1, -0.05) is 18.2 Å². The van der Waals surface area contributed by atoms with Crippen molar-refractivity contribution in [2.24, 2.45) is 0 Å². The zero-order valence-electron chi connectivity index (χ0n) is 10.9. The lowest BCUT2D eigenvalue weighted by Gasteiger charge is -2.11. The second kappa shape index (κ2) is 5.61. The Balaban J connectivity index is 2.16. The topological polar surface area (TPSA) is 41.5 Å². The van der Waals surface area contributed by atoms with E-state index in [1.165, 1.54) is 13.2 Å². The first-order valence-corrected chi connectivity index (χ1v) is 5.96. The van der Waals surface area contributed by atoms with Gasteiger partial charge in [0.1, 0.15) is 17.3 Å². The van der Waals surface area contributed by atoms with Crippen LogP contribution in [0.2, 0.25) is 0 Å². The lowest BCUT2D eigenvalue weighted by atomic mass is 10.1. The largest absolute Gasteiger partial charge is 0.507 e. The van der Waals surface area contributed by atoms with Gasteiger partial charge in [0.05, 0.1) is 12.8 Å². The van der Waals surface area contributed by atoms with Crippen LogP contribution in [0.1, 0.15) is 11.1 Å². The highest BCUT2D eigenvalue weighted by Crippen LogP contribution is 2.25. The third-order valence-corrected chi connectivity index (χ3v) is 2.96. The Morgan fingerprint density at radius 2 is 2.05 bits per heavy atom. The van der Waals surface area contributed by atoms with Crippen molar-refractivity contribution in [3.63, 3.8) is 0 Å². The molecule has 2 aromatic carbocycles. The number of methoxy groups -OCH3 is 1. The average molecular weight is 261 g/mol. The second-order valence-corrected chi connectivity index (χ2v) is 4.28. The number of hydrogen-bond donors (Lipinski definition) is 2. The Labute approximate surface area is 111 Å². The van der Waals surface area contributed by atoms with Gasteiger partial charge in [-0.05, 0) is 24.6 Å². The van der Waals surface area contributed by atoms with Crippen LogP contribution in [0.5, 0.6) is 11.5 Å². The minimum Gasteiger partial charge on any atom is -0.507 e. The number of aromatic hydroxyl groups is 1. The number of benzene rings is 2. The molecule has 0 fully saturated rings. The van der Waals surface area contributed by atoms with Crippen LogP contribution in [0, 0.1) is 12.7 Å². The summed E-state index contributed by atoms with van der Waals surface area (Å²) in [6.07, 6.45) is 0. The molecule has 0 bridgehead atoms. The maximum atomic E-state index is 13.6. The van der Waals surface area contributed by atoms with Crippen LogP contribution < -0.4 is 10.1 Å². The fourth-order valence-corrected chi connectivity index (χ4v) is 1.82. The van der Waals surface area contributed by atoms with Crippen molar-refractivity contribution >= 4 is 5.69 Å². The number of halogens is 1. The van der Waals surface area contributed by atoms with Gasteiger partial charge in [0.25, 0.3) is 0 Å². The molecule has 2 N–H and O–H groups in total. The summed E-state index contributed by atoms with van der Waals surface area (Å²) in [4.78, 5) is 0. The van der Waals surface area contributed by atoms with Crippen molar-refractivity contribution in [1.29, 1.82) is 0 Å². The number of rotatable bonds is 4. The van der Waals surface area contributed by atoms with E-state index >= 15 is 0 Å². The Hall–Kier alpha value is -2.23. The molecule has 0 radical (unpaired) electrons. The van der Waals surface area contributed by atoms with Crippen molar-refractivity contribution in [3.05, 3.63) is 53.3 Å². The molecule has 0 aliphatic heterocycles. The van der Waals surface area contributed by atoms with Crippen LogP contribution in [-0.2, 0) is 6.54 Å². The molecule has 19 heavy (non-hydrogen) atoms. The molecular weight excluding hydrogens is 245 g/mol. The molecule has 0 aromatic heterocycles. The molecule has 0 aliphatic carbocycles. The van der Waals surface area contributed by atoms with Crippen molar-refractivity contribution in [3.8, 4) is 11.5 Å². The van der Waals surface area contributed by atoms with Crippen LogP contribution in [0.15, 0.2) is 36.4 Å². The summed E-state index contributed by atoms with van der Waals surface area (Å²) >= 11 is 0. The second-order valence-electron chi connectivity index (χ2n) is 4.28. The number of nitrogens with one attached hydrogen (secondary N) is 1. The molecule has 2 aromatic rings. The quantitative estimate of drug-likeness (QED) is 0.885. The molecule has 100 valence electrons. The van der Waals surface area contributed by atoms with E-state index in [0.29, 0.717) is 18.0 Å². The molecule has 0 atom stereocenters. The van der Waals surface area contributed by atoms with Gasteiger partial charge in [-0.25, -0.2) is 4.39 Å². The highest BCUT2D eigenvalue weighted by molar-refractivity contribution is 5.51. The number of phenols is 1. The lowest BCUT2D eigenvalue weighted by Crippen LogP contribution is -2.02. The maximum absolute atomic E-state index is 13.6. The van der Waals surface area contributed by atoms with Crippen LogP contribution in [0.25, 0.3) is 0 Å². The van der Waals surface area contributed by atoms with Crippen LogP contribution in [0.4, 0.5) is 10.1 Å². The van der Waals surface area contributed by atoms with Gasteiger partial charge in [-0.3, -0.25) is 0 Å². The molecular formula is C15H16FNO2. The van der Waals surface area contributed by atoms with Crippen LogP contribution in [-0.4, -0.2) is 12.2 Å². The molecule has 0 aliphatic rings. The van der Waals surface area contributed by atoms with E-state index in [4.69, 9.17) is 4.74 Å². The van der Waals surface area contributed by atoms with Gasteiger partial charge in [-0.2, -0.15) is 0 Å². The summed E-state index contributed by atoms with van der Waals surface area (Å²) in [5, 5.41) is 12.8. The van der Waals surface area contributed by atoms with Gasteiger partial charge < -0.3 is 15.2 Å². The number of anilines is 1. The van der Waals surface area contributed by atoms with E-state index in [2.05, 4.69) is 5.32 Å². The predicted octanol–water partition coefficient (Wildman–Crippen LogP) is 3.46. The third-order valence-electron chi connectivity index (χ3n) is 2.96. The van der Waals surface area contributed by atoms with Crippen molar-refractivity contribution in [2.75, 3.05) is 12.4 Å². The summed E-state index contributed by atoms with van der Waals surface area (Å²) in [5.74, 6) is 0.462. The van der Waals surface area contributed by atoms with E-state index in [9.17, 15) is 9.50 Å². The van der Waals surface area contributed by atoms with Gasteiger partial charge in [0, 0.05) is 18.2 Å². The van der Waals surface area contributed by atoms with Crippen LogP contribution in [0.3, 0.4) is 0 Å². The first-order valence-electron chi connectivity index (χ1n) is 5.96. The minimum atomic E-state index is -0.354. The summed E-state index contributed by atoms with van der Waals surface area (Å²) in [6.45, 7) is 2.17. The monoisotopic (exact) mass is 261 g/mol. The lowest BCUT2D eigenvalue weighted by molar-refractivity contribution is 0.414. The zero-order chi connectivity index (χ0) is 13.8. The van der Waals surface area contributed by atoms with Gasteiger partial charge in [0.2, 0.25) is 0 Å². The SMILES string of the molecule is COc1ccc(F)c(NCc2cccc(C)c2O)c1. The summed E-state index contributed by atoms with van der Waals surface area (Å²) in [6, 6.07) is 9.97. The van der Waals surface area contributed by atoms with Gasteiger partial charge in [0.15, 0.2) is 0 Å². The maximum Gasteiger partial charge on any atom is 0.146 e. The molecule has 2 rings (SSSR count). The number of ether oxygens (including phenoxy) is 1. The van der Waals surface area contributed by atoms with E-state index in [0.717, 1.165) is 11.1 Å². The van der Waals surface area contributed by atoms with Crippen molar-refractivity contribution < 1.29 is 14.2 Å². The van der Waals surface area contributed by atoms with Crippen molar-refractivity contribution in [2.45, 2.75) is 13.5 Å². The predicted molar refractivity (Wildman–Crippen MR) is 73.1 cm³/mol. The molecule has 3 nitrogen and oxygen atoms in total. The van der Waals surface area contributed by atoms with E-state index in [-0.39, 0.29) is 11.6 Å². The Bertz CT molecular complexity index is 584. The molecule has 4 heteroatoms. The normalized spacial score (nSPS) is 10.3. The Kier molecular flexibility index (Phi) is 3.90. The highest BCUT2D eigenvalue weighted by Gasteiger charge is 2.06.